The van der Waals surface area contributed by atoms with Gasteiger partial charge in [0.25, 0.3) is 0 Å². The molecule has 1 saturated heterocycles. The van der Waals surface area contributed by atoms with Crippen molar-refractivity contribution in [1.29, 1.82) is 0 Å². The quantitative estimate of drug-likeness (QED) is 0.606. The molecule has 0 bridgehead atoms. The standard InChI is InChI=1S/C24H32ClN3O3/c1-17(2)10-13-31-21-6-4-18(14-22(21)30-3)15-27-24(29)19-8-11-28(12-9-19)23-7-5-20(25)16-26-23/h4-7,14,16-17,19H,8-13,15H2,1-3H3,(H,27,29). The van der Waals surface area contributed by atoms with Gasteiger partial charge in [-0.05, 0) is 55.0 Å². The molecule has 1 amide bonds. The molecule has 1 N–H and O–H groups in total. The minimum Gasteiger partial charge on any atom is -0.493 e. The van der Waals surface area contributed by atoms with E-state index in [1.54, 1.807) is 13.3 Å². The van der Waals surface area contributed by atoms with Gasteiger partial charge in [0.1, 0.15) is 5.82 Å². The maximum Gasteiger partial charge on any atom is 0.223 e. The Morgan fingerprint density at radius 1 is 1.23 bits per heavy atom. The van der Waals surface area contributed by atoms with Crippen LogP contribution in [0.2, 0.25) is 5.02 Å². The Kier molecular flexibility index (Phi) is 8.41. The van der Waals surface area contributed by atoms with E-state index in [0.717, 1.165) is 49.5 Å². The molecule has 1 aliphatic rings. The fraction of sp³-hybridized carbons (Fsp3) is 0.500. The molecule has 168 valence electrons. The number of halogens is 1. The van der Waals surface area contributed by atoms with Crippen LogP contribution in [0.5, 0.6) is 11.5 Å². The van der Waals surface area contributed by atoms with Gasteiger partial charge >= 0.3 is 0 Å². The van der Waals surface area contributed by atoms with Crippen molar-refractivity contribution >= 4 is 23.3 Å². The highest BCUT2D eigenvalue weighted by Gasteiger charge is 2.25. The first-order chi connectivity index (χ1) is 15.0. The van der Waals surface area contributed by atoms with Crippen molar-refractivity contribution < 1.29 is 14.3 Å². The van der Waals surface area contributed by atoms with Crippen LogP contribution in [0.15, 0.2) is 36.5 Å². The van der Waals surface area contributed by atoms with E-state index in [1.807, 2.05) is 30.3 Å². The molecule has 0 unspecified atom stereocenters. The lowest BCUT2D eigenvalue weighted by Crippen LogP contribution is -2.40. The summed E-state index contributed by atoms with van der Waals surface area (Å²) in [6, 6.07) is 9.59. The second-order valence-electron chi connectivity index (χ2n) is 8.33. The van der Waals surface area contributed by atoms with Gasteiger partial charge in [0.2, 0.25) is 5.91 Å². The van der Waals surface area contributed by atoms with Crippen molar-refractivity contribution in [2.24, 2.45) is 11.8 Å². The van der Waals surface area contributed by atoms with Crippen LogP contribution < -0.4 is 19.7 Å². The first kappa shape index (κ1) is 23.2. The Balaban J connectivity index is 1.47. The van der Waals surface area contributed by atoms with Crippen LogP contribution in [0.3, 0.4) is 0 Å². The molecule has 1 fully saturated rings. The number of hydrogen-bond acceptors (Lipinski definition) is 5. The van der Waals surface area contributed by atoms with Gasteiger partial charge in [0, 0.05) is 31.7 Å². The fourth-order valence-corrected chi connectivity index (χ4v) is 3.72. The Morgan fingerprint density at radius 3 is 2.65 bits per heavy atom. The van der Waals surface area contributed by atoms with Crippen LogP contribution in [0.1, 0.15) is 38.7 Å². The molecule has 0 spiro atoms. The van der Waals surface area contributed by atoms with Gasteiger partial charge in [-0.3, -0.25) is 4.79 Å². The third-order valence-electron chi connectivity index (χ3n) is 5.55. The van der Waals surface area contributed by atoms with Crippen molar-refractivity contribution in [3.8, 4) is 11.5 Å². The zero-order valence-electron chi connectivity index (χ0n) is 18.6. The maximum atomic E-state index is 12.7. The number of pyridine rings is 1. The van der Waals surface area contributed by atoms with Crippen molar-refractivity contribution in [2.45, 2.75) is 39.7 Å². The maximum absolute atomic E-state index is 12.7. The lowest BCUT2D eigenvalue weighted by atomic mass is 9.96. The first-order valence-corrected chi connectivity index (χ1v) is 11.3. The average Bonchev–Trinajstić information content (AvgIpc) is 2.78. The number of nitrogens with zero attached hydrogens (tertiary/aromatic N) is 2. The van der Waals surface area contributed by atoms with E-state index in [0.29, 0.717) is 29.8 Å². The number of benzene rings is 1. The number of amides is 1. The Bertz CT molecular complexity index is 850. The van der Waals surface area contributed by atoms with Crippen molar-refractivity contribution in [1.82, 2.24) is 10.3 Å². The molecule has 1 aromatic heterocycles. The molecule has 7 heteroatoms. The third kappa shape index (κ3) is 6.76. The topological polar surface area (TPSA) is 63.7 Å². The highest BCUT2D eigenvalue weighted by atomic mass is 35.5. The number of hydrogen-bond donors (Lipinski definition) is 1. The highest BCUT2D eigenvalue weighted by Crippen LogP contribution is 2.29. The summed E-state index contributed by atoms with van der Waals surface area (Å²) in [5, 5.41) is 3.70. The molecule has 31 heavy (non-hydrogen) atoms. The van der Waals surface area contributed by atoms with Crippen LogP contribution in [0.25, 0.3) is 0 Å². The summed E-state index contributed by atoms with van der Waals surface area (Å²) in [5.41, 5.74) is 0.990. The lowest BCUT2D eigenvalue weighted by molar-refractivity contribution is -0.125. The predicted octanol–water partition coefficient (Wildman–Crippen LogP) is 4.70. The van der Waals surface area contributed by atoms with E-state index in [-0.39, 0.29) is 11.8 Å². The lowest BCUT2D eigenvalue weighted by Gasteiger charge is -2.32. The summed E-state index contributed by atoms with van der Waals surface area (Å²) < 4.78 is 11.3. The Labute approximate surface area is 189 Å². The van der Waals surface area contributed by atoms with Gasteiger partial charge < -0.3 is 19.7 Å². The van der Waals surface area contributed by atoms with Crippen LogP contribution in [-0.2, 0) is 11.3 Å². The number of anilines is 1. The molecule has 2 heterocycles. The van der Waals surface area contributed by atoms with Gasteiger partial charge in [-0.1, -0.05) is 31.5 Å². The van der Waals surface area contributed by atoms with E-state index in [4.69, 9.17) is 21.1 Å². The van der Waals surface area contributed by atoms with Gasteiger partial charge in [-0.25, -0.2) is 4.98 Å². The van der Waals surface area contributed by atoms with Crippen molar-refractivity contribution in [2.75, 3.05) is 31.7 Å². The fourth-order valence-electron chi connectivity index (χ4n) is 3.61. The van der Waals surface area contributed by atoms with E-state index >= 15 is 0 Å². The predicted molar refractivity (Wildman–Crippen MR) is 124 cm³/mol. The Hall–Kier alpha value is -2.47. The molecule has 0 aliphatic carbocycles. The summed E-state index contributed by atoms with van der Waals surface area (Å²) in [6.07, 6.45) is 4.27. The molecule has 2 aromatic rings. The highest BCUT2D eigenvalue weighted by molar-refractivity contribution is 6.30. The number of methoxy groups -OCH3 is 1. The number of rotatable bonds is 9. The number of nitrogens with one attached hydrogen (secondary N) is 1. The van der Waals surface area contributed by atoms with E-state index in [9.17, 15) is 4.79 Å². The summed E-state index contributed by atoms with van der Waals surface area (Å²) in [6.45, 7) is 7.09. The minimum atomic E-state index is 0.0177. The number of carbonyl (C=O) groups is 1. The summed E-state index contributed by atoms with van der Waals surface area (Å²) in [7, 11) is 1.64. The van der Waals surface area contributed by atoms with Crippen molar-refractivity contribution in [3.63, 3.8) is 0 Å². The second kappa shape index (κ2) is 11.2. The normalized spacial score (nSPS) is 14.5. The number of ether oxygens (including phenoxy) is 2. The van der Waals surface area contributed by atoms with Crippen LogP contribution in [0, 0.1) is 11.8 Å². The van der Waals surface area contributed by atoms with E-state index < -0.39 is 0 Å². The molecular formula is C24H32ClN3O3. The van der Waals surface area contributed by atoms with Crippen molar-refractivity contribution in [3.05, 3.63) is 47.1 Å². The number of carbonyl (C=O) groups excluding carboxylic acids is 1. The third-order valence-corrected chi connectivity index (χ3v) is 5.77. The van der Waals surface area contributed by atoms with Crippen LogP contribution in [-0.4, -0.2) is 37.7 Å². The van der Waals surface area contributed by atoms with Crippen LogP contribution in [0.4, 0.5) is 5.82 Å². The number of aromatic nitrogens is 1. The van der Waals surface area contributed by atoms with Gasteiger partial charge in [-0.2, -0.15) is 0 Å². The first-order valence-electron chi connectivity index (χ1n) is 10.9. The largest absolute Gasteiger partial charge is 0.493 e. The molecule has 1 aromatic carbocycles. The molecule has 1 aliphatic heterocycles. The molecule has 0 radical (unpaired) electrons. The minimum absolute atomic E-state index is 0.0177. The SMILES string of the molecule is COc1cc(CNC(=O)C2CCN(c3ccc(Cl)cn3)CC2)ccc1OCCC(C)C. The van der Waals surface area contributed by atoms with E-state index in [1.165, 1.54) is 0 Å². The van der Waals surface area contributed by atoms with Gasteiger partial charge in [-0.15, -0.1) is 0 Å². The van der Waals surface area contributed by atoms with Gasteiger partial charge in [0.15, 0.2) is 11.5 Å². The molecule has 3 rings (SSSR count). The monoisotopic (exact) mass is 445 g/mol. The molecule has 6 nitrogen and oxygen atoms in total. The summed E-state index contributed by atoms with van der Waals surface area (Å²) >= 11 is 5.91. The zero-order chi connectivity index (χ0) is 22.2. The molecule has 0 saturated carbocycles. The summed E-state index contributed by atoms with van der Waals surface area (Å²) in [5.74, 6) is 3.05. The Morgan fingerprint density at radius 2 is 2.00 bits per heavy atom. The average molecular weight is 446 g/mol. The second-order valence-corrected chi connectivity index (χ2v) is 8.77. The van der Waals surface area contributed by atoms with Crippen LogP contribution >= 0.6 is 11.6 Å². The smallest absolute Gasteiger partial charge is 0.223 e. The number of piperidine rings is 1. The molecule has 0 atom stereocenters. The van der Waals surface area contributed by atoms with Gasteiger partial charge in [0.05, 0.1) is 18.7 Å². The summed E-state index contributed by atoms with van der Waals surface area (Å²) in [4.78, 5) is 19.2. The molecular weight excluding hydrogens is 414 g/mol. The van der Waals surface area contributed by atoms with E-state index in [2.05, 4.69) is 29.0 Å². The zero-order valence-corrected chi connectivity index (χ0v) is 19.3.